The van der Waals surface area contributed by atoms with Crippen LogP contribution in [0.3, 0.4) is 0 Å². The van der Waals surface area contributed by atoms with Crippen molar-refractivity contribution in [2.75, 3.05) is 23.0 Å². The van der Waals surface area contributed by atoms with Crippen LogP contribution >= 0.6 is 0 Å². The average Bonchev–Trinajstić information content (AvgIpc) is 3.20. The molecule has 4 rings (SSSR count). The molecule has 0 radical (unpaired) electrons. The summed E-state index contributed by atoms with van der Waals surface area (Å²) in [6.07, 6.45) is 3.45. The van der Waals surface area contributed by atoms with Gasteiger partial charge in [0, 0.05) is 36.0 Å². The minimum Gasteiger partial charge on any atom is -0.396 e. The Morgan fingerprint density at radius 3 is 2.70 bits per heavy atom. The highest BCUT2D eigenvalue weighted by atomic mass is 16.5. The van der Waals surface area contributed by atoms with E-state index in [1.165, 1.54) is 0 Å². The number of carbonyl (C=O) groups excluding carboxylic acids is 2. The molecule has 156 valence electrons. The van der Waals surface area contributed by atoms with E-state index in [1.807, 2.05) is 55.5 Å². The largest absolute Gasteiger partial charge is 0.396 e. The number of para-hydroxylation sites is 1. The van der Waals surface area contributed by atoms with E-state index in [9.17, 15) is 14.7 Å². The summed E-state index contributed by atoms with van der Waals surface area (Å²) >= 11 is 0. The van der Waals surface area contributed by atoms with Crippen molar-refractivity contribution in [3.63, 3.8) is 0 Å². The summed E-state index contributed by atoms with van der Waals surface area (Å²) in [6.45, 7) is 6.19. The Kier molecular flexibility index (Phi) is 5.45. The zero-order chi connectivity index (χ0) is 21.3. The van der Waals surface area contributed by atoms with Gasteiger partial charge in [-0.15, -0.1) is 6.58 Å². The Morgan fingerprint density at radius 1 is 1.27 bits per heavy atom. The van der Waals surface area contributed by atoms with Gasteiger partial charge >= 0.3 is 0 Å². The van der Waals surface area contributed by atoms with E-state index in [2.05, 4.69) is 6.58 Å². The van der Waals surface area contributed by atoms with E-state index in [1.54, 1.807) is 15.9 Å². The highest BCUT2D eigenvalue weighted by Crippen LogP contribution is 2.54. The number of benzene rings is 2. The molecule has 30 heavy (non-hydrogen) atoms. The first-order valence-corrected chi connectivity index (χ1v) is 10.2. The van der Waals surface area contributed by atoms with Crippen LogP contribution in [-0.4, -0.2) is 36.7 Å². The second kappa shape index (κ2) is 8.05. The number of amides is 2. The Balaban J connectivity index is 1.83. The van der Waals surface area contributed by atoms with Gasteiger partial charge in [-0.2, -0.15) is 0 Å². The minimum absolute atomic E-state index is 0.0118. The van der Waals surface area contributed by atoms with E-state index in [4.69, 9.17) is 4.74 Å². The van der Waals surface area contributed by atoms with Gasteiger partial charge in [0.1, 0.15) is 0 Å². The number of aliphatic hydroxyl groups excluding tert-OH is 1. The first-order valence-electron chi connectivity index (χ1n) is 10.2. The molecule has 3 atom stereocenters. The lowest BCUT2D eigenvalue weighted by atomic mass is 9.82. The van der Waals surface area contributed by atoms with Gasteiger partial charge < -0.3 is 14.7 Å². The molecule has 1 saturated heterocycles. The lowest BCUT2D eigenvalue weighted by Gasteiger charge is -2.28. The number of fused-ring (bicyclic) bond motifs is 2. The van der Waals surface area contributed by atoms with Gasteiger partial charge in [0.15, 0.2) is 5.60 Å². The molecule has 2 aliphatic heterocycles. The number of carbonyl (C=O) groups is 2. The molecule has 0 aliphatic carbocycles. The molecule has 1 N–H and O–H groups in total. The van der Waals surface area contributed by atoms with Crippen molar-refractivity contribution in [3.8, 4) is 0 Å². The van der Waals surface area contributed by atoms with E-state index in [0.29, 0.717) is 25.1 Å². The molecule has 0 bridgehead atoms. The van der Waals surface area contributed by atoms with Crippen LogP contribution in [0.2, 0.25) is 0 Å². The number of rotatable bonds is 7. The van der Waals surface area contributed by atoms with Crippen molar-refractivity contribution < 1.29 is 19.4 Å². The predicted molar refractivity (Wildman–Crippen MR) is 116 cm³/mol. The van der Waals surface area contributed by atoms with E-state index in [-0.39, 0.29) is 24.5 Å². The zero-order valence-electron chi connectivity index (χ0n) is 17.0. The van der Waals surface area contributed by atoms with Gasteiger partial charge in [0.05, 0.1) is 11.8 Å². The van der Waals surface area contributed by atoms with Crippen molar-refractivity contribution in [2.24, 2.45) is 5.92 Å². The summed E-state index contributed by atoms with van der Waals surface area (Å²) in [5.74, 6) is -0.174. The molecule has 2 aliphatic rings. The standard InChI is InChI=1S/C24H26N2O4/c1-3-12-25-22-10-9-19(26(16-28)18-7-5-4-6-8-18)15-21(22)24(23(25)29)17(2)14-20(30-24)11-13-27/h3-10,15-17,20,27H,1,11-14H2,2H3/t17-,20+,24+/m0/s1. The monoisotopic (exact) mass is 406 g/mol. The Hall–Kier alpha value is -2.96. The van der Waals surface area contributed by atoms with Gasteiger partial charge in [-0.3, -0.25) is 14.5 Å². The molecule has 0 saturated carbocycles. The van der Waals surface area contributed by atoms with Crippen LogP contribution in [-0.2, 0) is 19.9 Å². The predicted octanol–water partition coefficient (Wildman–Crippen LogP) is 3.52. The second-order valence-electron chi connectivity index (χ2n) is 7.84. The highest BCUT2D eigenvalue weighted by molar-refractivity contribution is 6.08. The normalized spacial score (nSPS) is 24.9. The second-order valence-corrected chi connectivity index (χ2v) is 7.84. The van der Waals surface area contributed by atoms with Crippen molar-refractivity contribution in [3.05, 3.63) is 66.7 Å². The Labute approximate surface area is 176 Å². The third-order valence-electron chi connectivity index (χ3n) is 6.08. The van der Waals surface area contributed by atoms with E-state index >= 15 is 0 Å². The van der Waals surface area contributed by atoms with Crippen LogP contribution in [0.5, 0.6) is 0 Å². The fourth-order valence-corrected chi connectivity index (χ4v) is 4.70. The molecule has 6 heteroatoms. The fourth-order valence-electron chi connectivity index (χ4n) is 4.70. The summed E-state index contributed by atoms with van der Waals surface area (Å²) in [5, 5.41) is 9.38. The summed E-state index contributed by atoms with van der Waals surface area (Å²) in [7, 11) is 0. The van der Waals surface area contributed by atoms with Crippen LogP contribution in [0.1, 0.15) is 25.3 Å². The van der Waals surface area contributed by atoms with Crippen molar-refractivity contribution in [2.45, 2.75) is 31.5 Å². The average molecular weight is 406 g/mol. The molecule has 2 heterocycles. The number of nitrogens with zero attached hydrogens (tertiary/aromatic N) is 2. The van der Waals surface area contributed by atoms with Crippen LogP contribution in [0.4, 0.5) is 17.1 Å². The Bertz CT molecular complexity index is 961. The maximum atomic E-state index is 13.6. The van der Waals surface area contributed by atoms with E-state index < -0.39 is 5.60 Å². The van der Waals surface area contributed by atoms with E-state index in [0.717, 1.165) is 23.3 Å². The maximum absolute atomic E-state index is 13.6. The third kappa shape index (κ3) is 3.04. The maximum Gasteiger partial charge on any atom is 0.264 e. The lowest BCUT2D eigenvalue weighted by Crippen LogP contribution is -2.44. The number of ether oxygens (including phenoxy) is 1. The number of anilines is 3. The fraction of sp³-hybridized carbons (Fsp3) is 0.333. The molecule has 0 aromatic heterocycles. The van der Waals surface area contributed by atoms with Gasteiger partial charge in [-0.05, 0) is 43.2 Å². The van der Waals surface area contributed by atoms with Crippen LogP contribution < -0.4 is 9.80 Å². The summed E-state index contributed by atoms with van der Waals surface area (Å²) < 4.78 is 6.36. The summed E-state index contributed by atoms with van der Waals surface area (Å²) in [5.41, 5.74) is 1.84. The number of hydrogen-bond donors (Lipinski definition) is 1. The minimum atomic E-state index is -1.11. The van der Waals surface area contributed by atoms with Crippen LogP contribution in [0.15, 0.2) is 61.2 Å². The first kappa shape index (κ1) is 20.3. The number of hydrogen-bond acceptors (Lipinski definition) is 4. The molecular formula is C24H26N2O4. The van der Waals surface area contributed by atoms with Gasteiger partial charge in [-0.25, -0.2) is 0 Å². The highest BCUT2D eigenvalue weighted by Gasteiger charge is 2.59. The first-order chi connectivity index (χ1) is 14.6. The van der Waals surface area contributed by atoms with Gasteiger partial charge in [0.2, 0.25) is 6.41 Å². The molecule has 1 spiro atoms. The quantitative estimate of drug-likeness (QED) is 0.564. The molecule has 0 unspecified atom stereocenters. The zero-order valence-corrected chi connectivity index (χ0v) is 17.0. The van der Waals surface area contributed by atoms with Gasteiger partial charge in [-0.1, -0.05) is 31.2 Å². The third-order valence-corrected chi connectivity index (χ3v) is 6.08. The van der Waals surface area contributed by atoms with Crippen LogP contribution in [0.25, 0.3) is 0 Å². The van der Waals surface area contributed by atoms with Crippen molar-refractivity contribution >= 4 is 29.4 Å². The molecule has 2 aromatic carbocycles. The molecule has 2 aromatic rings. The molecule has 6 nitrogen and oxygen atoms in total. The van der Waals surface area contributed by atoms with Crippen molar-refractivity contribution in [1.82, 2.24) is 0 Å². The lowest BCUT2D eigenvalue weighted by molar-refractivity contribution is -0.146. The van der Waals surface area contributed by atoms with Crippen molar-refractivity contribution in [1.29, 1.82) is 0 Å². The topological polar surface area (TPSA) is 70.1 Å². The SMILES string of the molecule is C=CCN1C(=O)[C@]2(O[C@H](CCO)C[C@@H]2C)c2cc(N(C=O)c3ccccc3)ccc21. The smallest absolute Gasteiger partial charge is 0.264 e. The summed E-state index contributed by atoms with van der Waals surface area (Å²) in [4.78, 5) is 28.7. The number of aliphatic hydroxyl groups is 1. The summed E-state index contributed by atoms with van der Waals surface area (Å²) in [6, 6.07) is 15.0. The van der Waals surface area contributed by atoms with Crippen LogP contribution in [0, 0.1) is 5.92 Å². The Morgan fingerprint density at radius 2 is 2.03 bits per heavy atom. The van der Waals surface area contributed by atoms with Gasteiger partial charge in [0.25, 0.3) is 5.91 Å². The molecule has 2 amide bonds. The molecular weight excluding hydrogens is 380 g/mol. The molecule has 1 fully saturated rings.